The van der Waals surface area contributed by atoms with E-state index in [-0.39, 0.29) is 12.2 Å². The van der Waals surface area contributed by atoms with Gasteiger partial charge < -0.3 is 14.6 Å². The summed E-state index contributed by atoms with van der Waals surface area (Å²) in [7, 11) is 0. The lowest BCUT2D eigenvalue weighted by Crippen LogP contribution is -2.27. The minimum Gasteiger partial charge on any atom is -0.481 e. The molecule has 0 amide bonds. The maximum absolute atomic E-state index is 11.8. The molecule has 0 heterocycles. The van der Waals surface area contributed by atoms with Gasteiger partial charge in [-0.05, 0) is 44.5 Å². The Hall–Kier alpha value is -2.82. The normalized spacial score (nSPS) is 11.0. The molecule has 2 aromatic carbocycles. The highest BCUT2D eigenvalue weighted by atomic mass is 16.6. The van der Waals surface area contributed by atoms with Crippen molar-refractivity contribution in [1.82, 2.24) is 0 Å². The minimum atomic E-state index is -0.996. The van der Waals surface area contributed by atoms with Gasteiger partial charge in [-0.15, -0.1) is 0 Å². The van der Waals surface area contributed by atoms with Gasteiger partial charge in [0.25, 0.3) is 0 Å². The van der Waals surface area contributed by atoms with Gasteiger partial charge in [0.2, 0.25) is 0 Å². The Labute approximate surface area is 140 Å². The molecule has 0 aliphatic rings. The summed E-state index contributed by atoms with van der Waals surface area (Å²) in [5.74, 6) is -0.966. The largest absolute Gasteiger partial charge is 0.481 e. The van der Waals surface area contributed by atoms with Gasteiger partial charge in [-0.2, -0.15) is 0 Å². The number of carbonyl (C=O) groups excluding carboxylic acids is 1. The average molecular weight is 328 g/mol. The Bertz CT molecular complexity index is 743. The summed E-state index contributed by atoms with van der Waals surface area (Å²) in [6.07, 6.45) is 0. The van der Waals surface area contributed by atoms with E-state index in [1.165, 1.54) is 6.07 Å². The first kappa shape index (κ1) is 17.5. The number of benzene rings is 2. The third-order valence-corrected chi connectivity index (χ3v) is 3.07. The van der Waals surface area contributed by atoms with Crippen LogP contribution in [0.15, 0.2) is 48.5 Å². The molecule has 0 aromatic heterocycles. The zero-order valence-corrected chi connectivity index (χ0v) is 13.9. The minimum absolute atomic E-state index is 0.189. The van der Waals surface area contributed by atoms with Crippen LogP contribution in [0.25, 0.3) is 11.1 Å². The summed E-state index contributed by atoms with van der Waals surface area (Å²) in [5.41, 5.74) is 1.03. The zero-order chi connectivity index (χ0) is 17.7. The van der Waals surface area contributed by atoms with E-state index < -0.39 is 17.5 Å². The molecule has 1 N–H and O–H groups in total. The van der Waals surface area contributed by atoms with Gasteiger partial charge in [0.05, 0.1) is 5.56 Å². The van der Waals surface area contributed by atoms with Crippen LogP contribution in [0.3, 0.4) is 0 Å². The molecular weight excluding hydrogens is 308 g/mol. The molecule has 5 nitrogen and oxygen atoms in total. The molecule has 0 saturated heterocycles. The van der Waals surface area contributed by atoms with Crippen LogP contribution < -0.4 is 4.74 Å². The van der Waals surface area contributed by atoms with Gasteiger partial charge in [0.1, 0.15) is 11.4 Å². The number of carbonyl (C=O) groups is 2. The van der Waals surface area contributed by atoms with E-state index in [1.807, 2.05) is 12.1 Å². The lowest BCUT2D eigenvalue weighted by molar-refractivity contribution is -0.157. The summed E-state index contributed by atoms with van der Waals surface area (Å²) >= 11 is 0. The predicted molar refractivity (Wildman–Crippen MR) is 90.2 cm³/mol. The number of hydrogen-bond acceptors (Lipinski definition) is 4. The number of hydrogen-bond donors (Lipinski definition) is 1. The summed E-state index contributed by atoms with van der Waals surface area (Å²) in [4.78, 5) is 22.9. The molecule has 0 spiro atoms. The first-order valence-corrected chi connectivity index (χ1v) is 7.54. The number of carboxylic acid groups (broad SMARTS) is 1. The summed E-state index contributed by atoms with van der Waals surface area (Å²) in [6.45, 7) is 5.15. The first-order chi connectivity index (χ1) is 11.3. The Kier molecular flexibility index (Phi) is 5.24. The Morgan fingerprint density at radius 1 is 1.04 bits per heavy atom. The van der Waals surface area contributed by atoms with E-state index >= 15 is 0 Å². The summed E-state index contributed by atoms with van der Waals surface area (Å²) in [6, 6.07) is 13.7. The second-order valence-corrected chi connectivity index (χ2v) is 6.26. The molecule has 0 aliphatic heterocycles. The molecule has 24 heavy (non-hydrogen) atoms. The van der Waals surface area contributed by atoms with Crippen molar-refractivity contribution >= 4 is 11.9 Å². The molecule has 0 atom stereocenters. The lowest BCUT2D eigenvalue weighted by Gasteiger charge is -2.20. The quantitative estimate of drug-likeness (QED) is 0.846. The fourth-order valence-electron chi connectivity index (χ4n) is 2.16. The van der Waals surface area contributed by atoms with Crippen molar-refractivity contribution in [2.24, 2.45) is 0 Å². The van der Waals surface area contributed by atoms with Crippen LogP contribution in [0.5, 0.6) is 5.75 Å². The van der Waals surface area contributed by atoms with E-state index in [0.717, 1.165) is 0 Å². The third-order valence-electron chi connectivity index (χ3n) is 3.07. The van der Waals surface area contributed by atoms with E-state index in [2.05, 4.69) is 0 Å². The highest BCUT2D eigenvalue weighted by Gasteiger charge is 2.17. The molecular formula is C19H20O5. The van der Waals surface area contributed by atoms with Crippen LogP contribution >= 0.6 is 0 Å². The van der Waals surface area contributed by atoms with Gasteiger partial charge in [0.15, 0.2) is 6.61 Å². The van der Waals surface area contributed by atoms with E-state index in [4.69, 9.17) is 14.6 Å². The van der Waals surface area contributed by atoms with Gasteiger partial charge in [-0.1, -0.05) is 30.3 Å². The van der Waals surface area contributed by atoms with Crippen molar-refractivity contribution in [1.29, 1.82) is 0 Å². The highest BCUT2D eigenvalue weighted by Crippen LogP contribution is 2.30. The molecule has 0 aliphatic carbocycles. The van der Waals surface area contributed by atoms with Crippen molar-refractivity contribution in [2.75, 3.05) is 6.61 Å². The van der Waals surface area contributed by atoms with E-state index in [1.54, 1.807) is 51.1 Å². The summed E-state index contributed by atoms with van der Waals surface area (Å²) in [5, 5.41) is 9.12. The van der Waals surface area contributed by atoms with Crippen LogP contribution in [0.4, 0.5) is 0 Å². The molecule has 2 rings (SSSR count). The Balaban J connectivity index is 2.20. The van der Waals surface area contributed by atoms with E-state index in [9.17, 15) is 9.59 Å². The molecule has 0 fully saturated rings. The standard InChI is InChI=1S/C19H20O5/c1-19(2,3)24-17(20)12-23-16-10-5-4-9-15(16)13-7-6-8-14(11-13)18(21)22/h4-11H,12H2,1-3H3,(H,21,22). The van der Waals surface area contributed by atoms with Crippen molar-refractivity contribution in [3.8, 4) is 16.9 Å². The topological polar surface area (TPSA) is 72.8 Å². The Morgan fingerprint density at radius 2 is 1.75 bits per heavy atom. The van der Waals surface area contributed by atoms with Gasteiger partial charge in [0, 0.05) is 5.56 Å². The number of carboxylic acids is 1. The predicted octanol–water partition coefficient (Wildman–Crippen LogP) is 3.77. The van der Waals surface area contributed by atoms with Crippen molar-refractivity contribution < 1.29 is 24.2 Å². The average Bonchev–Trinajstić information content (AvgIpc) is 2.51. The zero-order valence-electron chi connectivity index (χ0n) is 13.9. The van der Waals surface area contributed by atoms with Crippen LogP contribution in [0.1, 0.15) is 31.1 Å². The highest BCUT2D eigenvalue weighted by molar-refractivity contribution is 5.89. The molecule has 0 unspecified atom stereocenters. The molecule has 0 saturated carbocycles. The molecule has 2 aromatic rings. The van der Waals surface area contributed by atoms with Gasteiger partial charge >= 0.3 is 11.9 Å². The lowest BCUT2D eigenvalue weighted by atomic mass is 10.0. The first-order valence-electron chi connectivity index (χ1n) is 7.54. The second kappa shape index (κ2) is 7.17. The number of para-hydroxylation sites is 1. The van der Waals surface area contributed by atoms with Gasteiger partial charge in [-0.25, -0.2) is 9.59 Å². The van der Waals surface area contributed by atoms with Crippen LogP contribution in [-0.4, -0.2) is 29.3 Å². The monoisotopic (exact) mass is 328 g/mol. The third kappa shape index (κ3) is 4.84. The van der Waals surface area contributed by atoms with Crippen LogP contribution in [0.2, 0.25) is 0 Å². The number of esters is 1. The second-order valence-electron chi connectivity index (χ2n) is 6.26. The van der Waals surface area contributed by atoms with Gasteiger partial charge in [-0.3, -0.25) is 0 Å². The molecule has 0 bridgehead atoms. The number of ether oxygens (including phenoxy) is 2. The fourth-order valence-corrected chi connectivity index (χ4v) is 2.16. The SMILES string of the molecule is CC(C)(C)OC(=O)COc1ccccc1-c1cccc(C(=O)O)c1. The Morgan fingerprint density at radius 3 is 2.42 bits per heavy atom. The van der Waals surface area contributed by atoms with Crippen LogP contribution in [-0.2, 0) is 9.53 Å². The fraction of sp³-hybridized carbons (Fsp3) is 0.263. The molecule has 5 heteroatoms. The number of aromatic carboxylic acids is 1. The smallest absolute Gasteiger partial charge is 0.344 e. The van der Waals surface area contributed by atoms with Crippen molar-refractivity contribution in [2.45, 2.75) is 26.4 Å². The summed E-state index contributed by atoms with van der Waals surface area (Å²) < 4.78 is 10.8. The maximum Gasteiger partial charge on any atom is 0.344 e. The van der Waals surface area contributed by atoms with Crippen molar-refractivity contribution in [3.63, 3.8) is 0 Å². The molecule has 0 radical (unpaired) electrons. The number of rotatable bonds is 5. The maximum atomic E-state index is 11.8. The van der Waals surface area contributed by atoms with Crippen LogP contribution in [0, 0.1) is 0 Å². The van der Waals surface area contributed by atoms with Crippen molar-refractivity contribution in [3.05, 3.63) is 54.1 Å². The molecule has 126 valence electrons. The van der Waals surface area contributed by atoms with E-state index in [0.29, 0.717) is 16.9 Å².